The first-order chi connectivity index (χ1) is 16.8. The smallest absolute Gasteiger partial charge is 0.233 e. The van der Waals surface area contributed by atoms with Crippen molar-refractivity contribution in [3.8, 4) is 0 Å². The zero-order valence-electron chi connectivity index (χ0n) is 19.1. The van der Waals surface area contributed by atoms with Crippen LogP contribution in [0.2, 0.25) is 0 Å². The van der Waals surface area contributed by atoms with Crippen LogP contribution >= 0.6 is 0 Å². The van der Waals surface area contributed by atoms with E-state index in [2.05, 4.69) is 9.62 Å². The molecule has 1 fully saturated rings. The highest BCUT2D eigenvalue weighted by Gasteiger charge is 2.28. The maximum absolute atomic E-state index is 13.5. The number of halogens is 2. The van der Waals surface area contributed by atoms with Gasteiger partial charge < -0.3 is 4.90 Å². The highest BCUT2D eigenvalue weighted by atomic mass is 32.2. The van der Waals surface area contributed by atoms with E-state index in [1.165, 1.54) is 24.3 Å². The minimum Gasteiger partial charge on any atom is -0.340 e. The molecule has 4 rings (SSSR count). The van der Waals surface area contributed by atoms with Gasteiger partial charge >= 0.3 is 0 Å². The number of piperazine rings is 1. The molecule has 0 unspecified atom stereocenters. The van der Waals surface area contributed by atoms with Crippen molar-refractivity contribution >= 4 is 21.6 Å². The van der Waals surface area contributed by atoms with Gasteiger partial charge in [-0.25, -0.2) is 17.2 Å². The Labute approximate surface area is 204 Å². The van der Waals surface area contributed by atoms with Crippen molar-refractivity contribution in [3.63, 3.8) is 0 Å². The molecule has 184 valence electrons. The molecular formula is C26H27F2N3O3S. The topological polar surface area (TPSA) is 69.7 Å². The van der Waals surface area contributed by atoms with E-state index in [-0.39, 0.29) is 35.8 Å². The predicted octanol–water partition coefficient (Wildman–Crippen LogP) is 4.03. The Morgan fingerprint density at radius 3 is 1.83 bits per heavy atom. The number of anilines is 1. The Morgan fingerprint density at radius 2 is 1.31 bits per heavy atom. The van der Waals surface area contributed by atoms with Crippen molar-refractivity contribution in [1.29, 1.82) is 0 Å². The van der Waals surface area contributed by atoms with Crippen LogP contribution in [0.15, 0.2) is 78.9 Å². The molecule has 35 heavy (non-hydrogen) atoms. The van der Waals surface area contributed by atoms with E-state index in [1.807, 2.05) is 0 Å². The first kappa shape index (κ1) is 24.8. The van der Waals surface area contributed by atoms with E-state index in [0.29, 0.717) is 31.9 Å². The van der Waals surface area contributed by atoms with Crippen LogP contribution < -0.4 is 4.72 Å². The number of amides is 1. The maximum Gasteiger partial charge on any atom is 0.233 e. The lowest BCUT2D eigenvalue weighted by Crippen LogP contribution is -2.50. The molecule has 1 aliphatic rings. The lowest BCUT2D eigenvalue weighted by Gasteiger charge is -2.40. The highest BCUT2D eigenvalue weighted by Crippen LogP contribution is 2.30. The summed E-state index contributed by atoms with van der Waals surface area (Å²) in [4.78, 5) is 16.6. The molecule has 1 aliphatic heterocycles. The molecule has 0 bridgehead atoms. The Morgan fingerprint density at radius 1 is 0.800 bits per heavy atom. The molecule has 3 aromatic rings. The summed E-state index contributed by atoms with van der Waals surface area (Å²) in [6.07, 6.45) is -0.110. The van der Waals surface area contributed by atoms with Gasteiger partial charge in [0.25, 0.3) is 0 Å². The van der Waals surface area contributed by atoms with E-state index in [4.69, 9.17) is 0 Å². The van der Waals surface area contributed by atoms with Gasteiger partial charge in [-0.05, 0) is 47.5 Å². The number of para-hydroxylation sites is 1. The van der Waals surface area contributed by atoms with Crippen molar-refractivity contribution in [2.45, 2.75) is 12.5 Å². The van der Waals surface area contributed by atoms with E-state index >= 15 is 0 Å². The lowest BCUT2D eigenvalue weighted by atomic mass is 9.96. The van der Waals surface area contributed by atoms with Gasteiger partial charge in [-0.1, -0.05) is 42.5 Å². The molecule has 1 saturated heterocycles. The number of hydrogen-bond acceptors (Lipinski definition) is 4. The van der Waals surface area contributed by atoms with Crippen LogP contribution in [0, 0.1) is 11.6 Å². The summed E-state index contributed by atoms with van der Waals surface area (Å²) in [5, 5.41) is 0. The van der Waals surface area contributed by atoms with Crippen molar-refractivity contribution in [2.24, 2.45) is 0 Å². The second-order valence-corrected chi connectivity index (χ2v) is 10.3. The van der Waals surface area contributed by atoms with Crippen LogP contribution in [0.25, 0.3) is 0 Å². The normalized spacial score (nSPS) is 14.8. The summed E-state index contributed by atoms with van der Waals surface area (Å²) >= 11 is 0. The number of nitrogens with one attached hydrogen (secondary N) is 1. The third kappa shape index (κ3) is 6.64. The lowest BCUT2D eigenvalue weighted by molar-refractivity contribution is -0.132. The first-order valence-electron chi connectivity index (χ1n) is 11.4. The van der Waals surface area contributed by atoms with Crippen LogP contribution in [0.5, 0.6) is 0 Å². The Hall–Kier alpha value is -3.30. The number of carbonyl (C=O) groups is 1. The number of carbonyl (C=O) groups excluding carboxylic acids is 1. The second kappa shape index (κ2) is 11.0. The molecular weight excluding hydrogens is 472 g/mol. The summed E-state index contributed by atoms with van der Waals surface area (Å²) in [5.41, 5.74) is 2.20. The average Bonchev–Trinajstić information content (AvgIpc) is 2.86. The van der Waals surface area contributed by atoms with Crippen molar-refractivity contribution in [2.75, 3.05) is 36.7 Å². The first-order valence-corrected chi connectivity index (χ1v) is 13.0. The summed E-state index contributed by atoms with van der Waals surface area (Å²) in [6.45, 7) is 1.95. The Balaban J connectivity index is 1.38. The van der Waals surface area contributed by atoms with Gasteiger partial charge in [0.1, 0.15) is 11.6 Å². The van der Waals surface area contributed by atoms with Crippen LogP contribution in [0.3, 0.4) is 0 Å². The number of hydrogen-bond donors (Lipinski definition) is 1. The van der Waals surface area contributed by atoms with Gasteiger partial charge in [0.15, 0.2) is 0 Å². The standard InChI is InChI=1S/C26H27F2N3O3S/c27-22-10-6-20(7-11-22)26(21-8-12-23(28)13-9-21)31-17-15-30(16-18-31)25(32)14-19-35(33,34)29-24-4-2-1-3-5-24/h1-13,26,29H,14-19H2. The molecule has 3 aromatic carbocycles. The third-order valence-corrected chi connectivity index (χ3v) is 7.32. The zero-order valence-corrected chi connectivity index (χ0v) is 19.9. The van der Waals surface area contributed by atoms with Crippen LogP contribution in [0.1, 0.15) is 23.6 Å². The van der Waals surface area contributed by atoms with E-state index in [0.717, 1.165) is 11.1 Å². The largest absolute Gasteiger partial charge is 0.340 e. The fourth-order valence-corrected chi connectivity index (χ4v) is 5.29. The van der Waals surface area contributed by atoms with Gasteiger partial charge in [0.05, 0.1) is 11.8 Å². The molecule has 0 saturated carbocycles. The van der Waals surface area contributed by atoms with Crippen LogP contribution in [-0.2, 0) is 14.8 Å². The second-order valence-electron chi connectivity index (χ2n) is 8.46. The van der Waals surface area contributed by atoms with E-state index in [1.54, 1.807) is 59.5 Å². The zero-order chi connectivity index (χ0) is 24.8. The minimum absolute atomic E-state index is 0.110. The molecule has 6 nitrogen and oxygen atoms in total. The van der Waals surface area contributed by atoms with Gasteiger partial charge in [-0.2, -0.15) is 0 Å². The minimum atomic E-state index is -3.64. The molecule has 0 radical (unpaired) electrons. The fourth-order valence-electron chi connectivity index (χ4n) is 4.25. The molecule has 1 heterocycles. The maximum atomic E-state index is 13.5. The van der Waals surface area contributed by atoms with Crippen LogP contribution in [0.4, 0.5) is 14.5 Å². The summed E-state index contributed by atoms with van der Waals surface area (Å²) < 4.78 is 54.2. The molecule has 9 heteroatoms. The monoisotopic (exact) mass is 499 g/mol. The SMILES string of the molecule is O=C(CCS(=O)(=O)Nc1ccccc1)N1CCN(C(c2ccc(F)cc2)c2ccc(F)cc2)CC1. The number of benzene rings is 3. The summed E-state index contributed by atoms with van der Waals surface area (Å²) in [6, 6.07) is 20.8. The van der Waals surface area contributed by atoms with E-state index in [9.17, 15) is 22.0 Å². The van der Waals surface area contributed by atoms with Crippen molar-refractivity contribution in [1.82, 2.24) is 9.80 Å². The molecule has 1 amide bonds. The molecule has 0 aliphatic carbocycles. The van der Waals surface area contributed by atoms with Crippen molar-refractivity contribution < 1.29 is 22.0 Å². The molecule has 0 spiro atoms. The molecule has 1 N–H and O–H groups in total. The quantitative estimate of drug-likeness (QED) is 0.508. The third-order valence-electron chi connectivity index (χ3n) is 6.04. The number of rotatable bonds is 8. The van der Waals surface area contributed by atoms with Gasteiger partial charge in [0, 0.05) is 38.3 Å². The molecule has 0 atom stereocenters. The molecule has 0 aromatic heterocycles. The highest BCUT2D eigenvalue weighted by molar-refractivity contribution is 7.92. The van der Waals surface area contributed by atoms with Gasteiger partial charge in [-0.15, -0.1) is 0 Å². The fraction of sp³-hybridized carbons (Fsp3) is 0.269. The van der Waals surface area contributed by atoms with Gasteiger partial charge in [0.2, 0.25) is 15.9 Å². The van der Waals surface area contributed by atoms with Gasteiger partial charge in [-0.3, -0.25) is 14.4 Å². The number of nitrogens with zero attached hydrogens (tertiary/aromatic N) is 2. The van der Waals surface area contributed by atoms with E-state index < -0.39 is 10.0 Å². The Kier molecular flexibility index (Phi) is 7.77. The summed E-state index contributed by atoms with van der Waals surface area (Å²) in [5.74, 6) is -1.19. The van der Waals surface area contributed by atoms with Crippen LogP contribution in [-0.4, -0.2) is 56.1 Å². The predicted molar refractivity (Wildman–Crippen MR) is 131 cm³/mol. The number of sulfonamides is 1. The Bertz CT molecular complexity index is 1180. The van der Waals surface area contributed by atoms with Crippen molar-refractivity contribution in [3.05, 3.63) is 102 Å². The average molecular weight is 500 g/mol. The summed E-state index contributed by atoms with van der Waals surface area (Å²) in [7, 11) is -3.64.